The molecule has 0 saturated carbocycles. The minimum Gasteiger partial charge on any atom is -0.460 e. The van der Waals surface area contributed by atoms with Crippen molar-refractivity contribution < 1.29 is 43.2 Å². The third-order valence-corrected chi connectivity index (χ3v) is 10.1. The van der Waals surface area contributed by atoms with E-state index in [4.69, 9.17) is 18.9 Å². The number of fused-ring (bicyclic) bond motifs is 2. The smallest absolute Gasteiger partial charge is 0.339 e. The molecule has 0 bridgehead atoms. The van der Waals surface area contributed by atoms with Crippen molar-refractivity contribution in [2.24, 2.45) is 0 Å². The Morgan fingerprint density at radius 3 is 2.37 bits per heavy atom. The molecule has 52 heavy (non-hydrogen) atoms. The van der Waals surface area contributed by atoms with E-state index < -0.39 is 53.6 Å². The van der Waals surface area contributed by atoms with E-state index in [1.54, 1.807) is 63.2 Å². The van der Waals surface area contributed by atoms with Gasteiger partial charge in [0, 0.05) is 46.9 Å². The number of ether oxygens (including phenoxy) is 4. The summed E-state index contributed by atoms with van der Waals surface area (Å²) < 4.78 is 25.3. The van der Waals surface area contributed by atoms with Gasteiger partial charge in [-0.1, -0.05) is 48.5 Å². The topological polar surface area (TPSA) is 149 Å². The van der Waals surface area contributed by atoms with Crippen LogP contribution < -0.4 is 10.6 Å². The van der Waals surface area contributed by atoms with E-state index in [9.17, 15) is 24.3 Å². The van der Waals surface area contributed by atoms with E-state index in [0.29, 0.717) is 35.1 Å². The molecule has 4 unspecified atom stereocenters. The fourth-order valence-corrected chi connectivity index (χ4v) is 7.38. The number of aliphatic hydroxyl groups excluding tert-OH is 1. The molecule has 12 heteroatoms. The largest absolute Gasteiger partial charge is 0.460 e. The van der Waals surface area contributed by atoms with Gasteiger partial charge in [0.05, 0.1) is 18.2 Å². The lowest BCUT2D eigenvalue weighted by Crippen LogP contribution is -2.43. The lowest BCUT2D eigenvalue weighted by atomic mass is 9.91. The standard InChI is InChI=1S/C40H43IN2O9/c1-39(2,3)51-34(45)16-15-29(23-44)43-37(47)25-12-8-9-24(17-25)22-42-36(46)28-18-32(49-38(48)30-13-6-7-14-31(30)41)35-33(19-28)50-40(52-35)20-26-10-4-5-11-27(26)21-40/h4-14,17,19,29,32-33,35,44H,15-16,18,20-23H2,1-3H3,(H,42,46)(H,43,47). The number of hydrogen-bond donors (Lipinski definition) is 3. The van der Waals surface area contributed by atoms with Gasteiger partial charge in [0.1, 0.15) is 23.9 Å². The zero-order chi connectivity index (χ0) is 37.0. The average molecular weight is 823 g/mol. The first-order valence-corrected chi connectivity index (χ1v) is 18.5. The predicted octanol–water partition coefficient (Wildman–Crippen LogP) is 4.95. The summed E-state index contributed by atoms with van der Waals surface area (Å²) in [4.78, 5) is 52.2. The summed E-state index contributed by atoms with van der Waals surface area (Å²) in [6, 6.07) is 21.4. The number of esters is 2. The Hall–Kier alpha value is -4.11. The molecule has 11 nitrogen and oxygen atoms in total. The van der Waals surface area contributed by atoms with Crippen LogP contribution in [0.25, 0.3) is 0 Å². The first-order chi connectivity index (χ1) is 24.8. The first kappa shape index (κ1) is 37.6. The number of amides is 2. The highest BCUT2D eigenvalue weighted by atomic mass is 127. The molecule has 1 aliphatic heterocycles. The molecule has 1 saturated heterocycles. The van der Waals surface area contributed by atoms with Crippen LogP contribution in [0.4, 0.5) is 0 Å². The predicted molar refractivity (Wildman–Crippen MR) is 199 cm³/mol. The molecule has 1 fully saturated rings. The number of nitrogens with one attached hydrogen (secondary N) is 2. The van der Waals surface area contributed by atoms with Crippen molar-refractivity contribution >= 4 is 46.3 Å². The second-order valence-electron chi connectivity index (χ2n) is 14.4. The molecule has 3 aliphatic rings. The molecule has 6 rings (SSSR count). The maximum absolute atomic E-state index is 13.7. The normalized spacial score (nSPS) is 20.6. The summed E-state index contributed by atoms with van der Waals surface area (Å²) in [7, 11) is 0. The van der Waals surface area contributed by atoms with Gasteiger partial charge >= 0.3 is 11.9 Å². The van der Waals surface area contributed by atoms with Crippen molar-refractivity contribution in [2.75, 3.05) is 6.61 Å². The molecule has 1 spiro atoms. The summed E-state index contributed by atoms with van der Waals surface area (Å²) >= 11 is 2.10. The fraction of sp³-hybridized carbons (Fsp3) is 0.400. The number of benzene rings is 3. The third-order valence-electron chi connectivity index (χ3n) is 9.18. The summed E-state index contributed by atoms with van der Waals surface area (Å²) in [5.41, 5.74) is 3.50. The SMILES string of the molecule is CC(C)(C)OC(=O)CCC(CO)NC(=O)c1cccc(CNC(=O)C2=CC3OC4(Cc5ccccc5C4)OC3C(OC(=O)c3ccccc3I)C2)c1. The number of carbonyl (C=O) groups is 4. The molecule has 2 amide bonds. The average Bonchev–Trinajstić information content (AvgIpc) is 3.66. The molecular weight excluding hydrogens is 779 g/mol. The molecule has 0 aromatic heterocycles. The highest BCUT2D eigenvalue weighted by Gasteiger charge is 2.55. The monoisotopic (exact) mass is 822 g/mol. The second kappa shape index (κ2) is 15.9. The number of halogens is 1. The van der Waals surface area contributed by atoms with Gasteiger partial charge in [0.2, 0.25) is 5.91 Å². The number of aliphatic hydroxyl groups is 1. The fourth-order valence-electron chi connectivity index (χ4n) is 6.77. The molecule has 2 aliphatic carbocycles. The Morgan fingerprint density at radius 1 is 0.962 bits per heavy atom. The van der Waals surface area contributed by atoms with Crippen molar-refractivity contribution in [1.29, 1.82) is 0 Å². The molecular formula is C40H43IN2O9. The van der Waals surface area contributed by atoms with E-state index in [1.165, 1.54) is 0 Å². The summed E-state index contributed by atoms with van der Waals surface area (Å²) in [6.07, 6.45) is 1.27. The van der Waals surface area contributed by atoms with Crippen LogP contribution in [0.15, 0.2) is 84.4 Å². The van der Waals surface area contributed by atoms with Crippen LogP contribution in [0.1, 0.15) is 77.4 Å². The van der Waals surface area contributed by atoms with Crippen LogP contribution in [-0.4, -0.2) is 71.2 Å². The van der Waals surface area contributed by atoms with E-state index in [0.717, 1.165) is 14.7 Å². The van der Waals surface area contributed by atoms with Gasteiger partial charge in [-0.25, -0.2) is 4.79 Å². The highest BCUT2D eigenvalue weighted by Crippen LogP contribution is 2.45. The Morgan fingerprint density at radius 2 is 1.67 bits per heavy atom. The van der Waals surface area contributed by atoms with Crippen molar-refractivity contribution in [2.45, 2.75) is 95.2 Å². The van der Waals surface area contributed by atoms with Crippen LogP contribution in [0.3, 0.4) is 0 Å². The van der Waals surface area contributed by atoms with Crippen LogP contribution in [0.5, 0.6) is 0 Å². The first-order valence-electron chi connectivity index (χ1n) is 17.4. The van der Waals surface area contributed by atoms with Gasteiger partial charge in [0.25, 0.3) is 5.91 Å². The van der Waals surface area contributed by atoms with Gasteiger partial charge in [-0.15, -0.1) is 0 Å². The van der Waals surface area contributed by atoms with Crippen molar-refractivity contribution in [3.63, 3.8) is 0 Å². The summed E-state index contributed by atoms with van der Waals surface area (Å²) in [6.45, 7) is 5.10. The van der Waals surface area contributed by atoms with Crippen LogP contribution in [-0.2, 0) is 47.9 Å². The van der Waals surface area contributed by atoms with Crippen LogP contribution >= 0.6 is 22.6 Å². The quantitative estimate of drug-likeness (QED) is 0.181. The van der Waals surface area contributed by atoms with E-state index in [1.807, 2.05) is 24.3 Å². The Labute approximate surface area is 316 Å². The van der Waals surface area contributed by atoms with Crippen LogP contribution in [0, 0.1) is 3.57 Å². The van der Waals surface area contributed by atoms with Crippen molar-refractivity contribution in [3.05, 3.63) is 116 Å². The van der Waals surface area contributed by atoms with Gasteiger partial charge < -0.3 is 34.7 Å². The number of hydrogen-bond acceptors (Lipinski definition) is 9. The maximum atomic E-state index is 13.7. The molecule has 3 aromatic rings. The van der Waals surface area contributed by atoms with E-state index in [2.05, 4.69) is 45.4 Å². The van der Waals surface area contributed by atoms with Gasteiger partial charge in [-0.2, -0.15) is 0 Å². The second-order valence-corrected chi connectivity index (χ2v) is 15.5. The van der Waals surface area contributed by atoms with Crippen molar-refractivity contribution in [3.8, 4) is 0 Å². The zero-order valence-corrected chi connectivity index (χ0v) is 31.5. The lowest BCUT2D eigenvalue weighted by Gasteiger charge is -2.30. The van der Waals surface area contributed by atoms with E-state index >= 15 is 0 Å². The van der Waals surface area contributed by atoms with Gasteiger partial charge in [-0.3, -0.25) is 14.4 Å². The molecule has 3 N–H and O–H groups in total. The maximum Gasteiger partial charge on any atom is 0.339 e. The molecule has 4 atom stereocenters. The zero-order valence-electron chi connectivity index (χ0n) is 29.4. The van der Waals surface area contributed by atoms with Crippen LogP contribution in [0.2, 0.25) is 0 Å². The minimum atomic E-state index is -0.918. The van der Waals surface area contributed by atoms with Gasteiger partial charge in [-0.05, 0) is 96.8 Å². The molecule has 274 valence electrons. The Balaban J connectivity index is 1.11. The Bertz CT molecular complexity index is 1840. The van der Waals surface area contributed by atoms with E-state index in [-0.39, 0.29) is 38.3 Å². The molecule has 3 aromatic carbocycles. The van der Waals surface area contributed by atoms with Crippen molar-refractivity contribution in [1.82, 2.24) is 10.6 Å². The molecule has 1 heterocycles. The number of rotatable bonds is 11. The minimum absolute atomic E-state index is 0.0454. The third kappa shape index (κ3) is 9.08. The highest BCUT2D eigenvalue weighted by molar-refractivity contribution is 14.1. The lowest BCUT2D eigenvalue weighted by molar-refractivity contribution is -0.172. The number of carbonyl (C=O) groups excluding carboxylic acids is 4. The molecule has 0 radical (unpaired) electrons. The summed E-state index contributed by atoms with van der Waals surface area (Å²) in [5.74, 6) is -2.61. The Kier molecular flexibility index (Phi) is 11.5. The van der Waals surface area contributed by atoms with Gasteiger partial charge in [0.15, 0.2) is 5.79 Å². The summed E-state index contributed by atoms with van der Waals surface area (Å²) in [5, 5.41) is 15.5.